The fraction of sp³-hybridized carbons (Fsp3) is 0.375. The minimum absolute atomic E-state index is 0.383. The molecule has 0 spiro atoms. The summed E-state index contributed by atoms with van der Waals surface area (Å²) in [6.45, 7) is 6.76. The van der Waals surface area contributed by atoms with Crippen LogP contribution in [-0.4, -0.2) is 16.2 Å². The summed E-state index contributed by atoms with van der Waals surface area (Å²) >= 11 is 0. The van der Waals surface area contributed by atoms with Crippen molar-refractivity contribution >= 4 is 11.5 Å². The Morgan fingerprint density at radius 3 is 2.75 bits per heavy atom. The number of hydrogen-bond acceptors (Lipinski definition) is 4. The molecule has 0 saturated heterocycles. The molecule has 1 unspecified atom stereocenters. The van der Waals surface area contributed by atoms with Crippen molar-refractivity contribution in [1.29, 1.82) is 0 Å². The molecule has 2 heterocycles. The summed E-state index contributed by atoms with van der Waals surface area (Å²) in [5.74, 6) is 0.910. The third-order valence-electron chi connectivity index (χ3n) is 4.20. The van der Waals surface area contributed by atoms with Gasteiger partial charge in [0.15, 0.2) is 5.82 Å². The fourth-order valence-electron chi connectivity index (χ4n) is 2.97. The third kappa shape index (κ3) is 1.88. The predicted octanol–water partition coefficient (Wildman–Crippen LogP) is 2.63. The standard InChI is InChI=1S/C16H20N4/c1-10-8-13-6-4-5-7-15(13)20(10)16-14(9-17)11(2)12(3)18-19-16/h4-7,10H,8-9,17H2,1-3H3. The van der Waals surface area contributed by atoms with Crippen LogP contribution in [0.25, 0.3) is 0 Å². The summed E-state index contributed by atoms with van der Waals surface area (Å²) in [5.41, 5.74) is 11.8. The topological polar surface area (TPSA) is 55.0 Å². The minimum Gasteiger partial charge on any atom is -0.326 e. The van der Waals surface area contributed by atoms with E-state index in [1.165, 1.54) is 11.3 Å². The van der Waals surface area contributed by atoms with Gasteiger partial charge >= 0.3 is 0 Å². The van der Waals surface area contributed by atoms with Gasteiger partial charge in [-0.3, -0.25) is 0 Å². The molecular formula is C16H20N4. The zero-order valence-electron chi connectivity index (χ0n) is 12.2. The van der Waals surface area contributed by atoms with Crippen molar-refractivity contribution in [2.45, 2.75) is 39.8 Å². The molecule has 2 N–H and O–H groups in total. The Morgan fingerprint density at radius 1 is 1.25 bits per heavy atom. The minimum atomic E-state index is 0.383. The van der Waals surface area contributed by atoms with Gasteiger partial charge in [0.2, 0.25) is 0 Å². The van der Waals surface area contributed by atoms with Crippen molar-refractivity contribution in [2.75, 3.05) is 4.90 Å². The Bertz CT molecular complexity index is 651. The lowest BCUT2D eigenvalue weighted by atomic mass is 10.1. The summed E-state index contributed by atoms with van der Waals surface area (Å²) in [5, 5.41) is 8.73. The largest absolute Gasteiger partial charge is 0.326 e. The van der Waals surface area contributed by atoms with Crippen LogP contribution in [0.5, 0.6) is 0 Å². The molecule has 3 rings (SSSR count). The molecule has 2 aromatic rings. The zero-order chi connectivity index (χ0) is 14.3. The normalized spacial score (nSPS) is 17.4. The second-order valence-corrected chi connectivity index (χ2v) is 5.47. The molecule has 0 bridgehead atoms. The van der Waals surface area contributed by atoms with E-state index >= 15 is 0 Å². The molecule has 1 aliphatic heterocycles. The average molecular weight is 268 g/mol. The molecule has 0 amide bonds. The molecular weight excluding hydrogens is 248 g/mol. The van der Waals surface area contributed by atoms with Crippen molar-refractivity contribution in [3.63, 3.8) is 0 Å². The summed E-state index contributed by atoms with van der Waals surface area (Å²) in [7, 11) is 0. The summed E-state index contributed by atoms with van der Waals surface area (Å²) < 4.78 is 0. The van der Waals surface area contributed by atoms with Gasteiger partial charge in [-0.25, -0.2) is 0 Å². The van der Waals surface area contributed by atoms with E-state index in [1.54, 1.807) is 0 Å². The number of aromatic nitrogens is 2. The maximum atomic E-state index is 5.96. The molecule has 4 heteroatoms. The predicted molar refractivity (Wildman–Crippen MR) is 81.1 cm³/mol. The van der Waals surface area contributed by atoms with Crippen molar-refractivity contribution in [2.24, 2.45) is 5.73 Å². The smallest absolute Gasteiger partial charge is 0.160 e. The number of aryl methyl sites for hydroxylation is 1. The van der Waals surface area contributed by atoms with Crippen LogP contribution in [0.15, 0.2) is 24.3 Å². The number of nitrogens with two attached hydrogens (primary N) is 1. The summed E-state index contributed by atoms with van der Waals surface area (Å²) in [6.07, 6.45) is 1.04. The molecule has 104 valence electrons. The second kappa shape index (κ2) is 4.87. The fourth-order valence-corrected chi connectivity index (χ4v) is 2.97. The lowest BCUT2D eigenvalue weighted by Gasteiger charge is -2.26. The molecule has 20 heavy (non-hydrogen) atoms. The molecule has 1 aromatic carbocycles. The molecule has 1 aliphatic rings. The number of anilines is 2. The number of fused-ring (bicyclic) bond motifs is 1. The molecule has 0 fully saturated rings. The number of hydrogen-bond donors (Lipinski definition) is 1. The van der Waals surface area contributed by atoms with Crippen LogP contribution in [0.3, 0.4) is 0 Å². The first kappa shape index (κ1) is 13.1. The molecule has 0 saturated carbocycles. The Labute approximate surface area is 119 Å². The third-order valence-corrected chi connectivity index (χ3v) is 4.20. The first-order chi connectivity index (χ1) is 9.63. The molecule has 0 aliphatic carbocycles. The van der Waals surface area contributed by atoms with E-state index in [9.17, 15) is 0 Å². The van der Waals surface area contributed by atoms with Crippen LogP contribution in [0.1, 0.15) is 29.3 Å². The van der Waals surface area contributed by atoms with E-state index in [-0.39, 0.29) is 0 Å². The monoisotopic (exact) mass is 268 g/mol. The van der Waals surface area contributed by atoms with Gasteiger partial charge in [0.25, 0.3) is 0 Å². The number of nitrogens with zero attached hydrogens (tertiary/aromatic N) is 3. The van der Waals surface area contributed by atoms with Gasteiger partial charge in [-0.1, -0.05) is 18.2 Å². The van der Waals surface area contributed by atoms with E-state index in [1.807, 2.05) is 6.92 Å². The van der Waals surface area contributed by atoms with Crippen LogP contribution in [0, 0.1) is 13.8 Å². The zero-order valence-corrected chi connectivity index (χ0v) is 12.2. The molecule has 1 aromatic heterocycles. The van der Waals surface area contributed by atoms with E-state index in [0.717, 1.165) is 29.1 Å². The van der Waals surface area contributed by atoms with E-state index in [4.69, 9.17) is 5.73 Å². The van der Waals surface area contributed by atoms with Crippen molar-refractivity contribution < 1.29 is 0 Å². The molecule has 0 radical (unpaired) electrons. The quantitative estimate of drug-likeness (QED) is 0.909. The number of rotatable bonds is 2. The first-order valence-corrected chi connectivity index (χ1v) is 7.03. The Balaban J connectivity index is 2.17. The SMILES string of the molecule is Cc1nnc(N2c3ccccc3CC2C)c(CN)c1C. The van der Waals surface area contributed by atoms with Gasteiger partial charge in [-0.05, 0) is 44.4 Å². The van der Waals surface area contributed by atoms with Gasteiger partial charge in [-0.15, -0.1) is 5.10 Å². The van der Waals surface area contributed by atoms with Crippen molar-refractivity contribution in [3.8, 4) is 0 Å². The highest BCUT2D eigenvalue weighted by Gasteiger charge is 2.30. The van der Waals surface area contributed by atoms with Gasteiger partial charge < -0.3 is 10.6 Å². The highest BCUT2D eigenvalue weighted by molar-refractivity contribution is 5.71. The van der Waals surface area contributed by atoms with E-state index in [2.05, 4.69) is 53.2 Å². The first-order valence-electron chi connectivity index (χ1n) is 7.03. The highest BCUT2D eigenvalue weighted by atomic mass is 15.3. The van der Waals surface area contributed by atoms with Crippen molar-refractivity contribution in [3.05, 3.63) is 46.6 Å². The Kier molecular flexibility index (Phi) is 3.18. The van der Waals surface area contributed by atoms with E-state index < -0.39 is 0 Å². The number of para-hydroxylation sites is 1. The maximum absolute atomic E-state index is 5.96. The van der Waals surface area contributed by atoms with Gasteiger partial charge in [0.05, 0.1) is 5.69 Å². The van der Waals surface area contributed by atoms with E-state index in [0.29, 0.717) is 12.6 Å². The molecule has 4 nitrogen and oxygen atoms in total. The summed E-state index contributed by atoms with van der Waals surface area (Å²) in [6, 6.07) is 8.87. The van der Waals surface area contributed by atoms with Crippen molar-refractivity contribution in [1.82, 2.24) is 10.2 Å². The van der Waals surface area contributed by atoms with Gasteiger partial charge in [-0.2, -0.15) is 5.10 Å². The van der Waals surface area contributed by atoms with Crippen LogP contribution in [0.4, 0.5) is 11.5 Å². The molecule has 1 atom stereocenters. The van der Waals surface area contributed by atoms with Gasteiger partial charge in [0.1, 0.15) is 0 Å². The lowest BCUT2D eigenvalue weighted by molar-refractivity contribution is 0.732. The average Bonchev–Trinajstić information content (AvgIpc) is 2.77. The highest BCUT2D eigenvalue weighted by Crippen LogP contribution is 2.39. The van der Waals surface area contributed by atoms with Gasteiger partial charge in [0, 0.05) is 23.8 Å². The van der Waals surface area contributed by atoms with Crippen LogP contribution < -0.4 is 10.6 Å². The van der Waals surface area contributed by atoms with Crippen LogP contribution in [-0.2, 0) is 13.0 Å². The summed E-state index contributed by atoms with van der Waals surface area (Å²) in [4.78, 5) is 2.27. The van der Waals surface area contributed by atoms with Crippen LogP contribution >= 0.6 is 0 Å². The maximum Gasteiger partial charge on any atom is 0.160 e. The Morgan fingerprint density at radius 2 is 2.00 bits per heavy atom. The lowest BCUT2D eigenvalue weighted by Crippen LogP contribution is -2.27. The number of benzene rings is 1. The Hall–Kier alpha value is -1.94. The second-order valence-electron chi connectivity index (χ2n) is 5.47. The van der Waals surface area contributed by atoms with Crippen LogP contribution in [0.2, 0.25) is 0 Å².